The highest BCUT2D eigenvalue weighted by Gasteiger charge is 2.27. The van der Waals surface area contributed by atoms with Crippen molar-refractivity contribution in [2.75, 3.05) is 39.5 Å². The van der Waals surface area contributed by atoms with Crippen LogP contribution >= 0.6 is 0 Å². The molecule has 0 spiro atoms. The quantitative estimate of drug-likeness (QED) is 0.609. The Balaban J connectivity index is 1.60. The molecule has 1 atom stereocenters. The van der Waals surface area contributed by atoms with Crippen molar-refractivity contribution in [3.63, 3.8) is 0 Å². The molecule has 0 bridgehead atoms. The number of hydrogen-bond donors (Lipinski definition) is 2. The Kier molecular flexibility index (Phi) is 9.39. The molecule has 2 aromatic rings. The van der Waals surface area contributed by atoms with E-state index in [1.807, 2.05) is 31.2 Å². The molecule has 5 nitrogen and oxygen atoms in total. The average Bonchev–Trinajstić information content (AvgIpc) is 2.78. The van der Waals surface area contributed by atoms with Crippen molar-refractivity contribution < 1.29 is 14.9 Å². The molecular formula is C26H34N2O3. The van der Waals surface area contributed by atoms with Gasteiger partial charge in [-0.2, -0.15) is 0 Å². The Morgan fingerprint density at radius 1 is 1.00 bits per heavy atom. The van der Waals surface area contributed by atoms with E-state index in [-0.39, 0.29) is 13.2 Å². The summed E-state index contributed by atoms with van der Waals surface area (Å²) in [5.41, 5.74) is 3.46. The number of aliphatic hydroxyl groups is 2. The molecule has 31 heavy (non-hydrogen) atoms. The van der Waals surface area contributed by atoms with E-state index in [1.165, 1.54) is 11.1 Å². The second-order valence-electron chi connectivity index (χ2n) is 7.88. The van der Waals surface area contributed by atoms with E-state index in [4.69, 9.17) is 9.84 Å². The van der Waals surface area contributed by atoms with Crippen molar-refractivity contribution in [1.82, 2.24) is 9.80 Å². The maximum Gasteiger partial charge on any atom is 0.123 e. The maximum atomic E-state index is 9.64. The van der Waals surface area contributed by atoms with Gasteiger partial charge in [0.05, 0.1) is 13.2 Å². The van der Waals surface area contributed by atoms with Crippen molar-refractivity contribution in [2.24, 2.45) is 0 Å². The summed E-state index contributed by atoms with van der Waals surface area (Å²) in [5.74, 6) is 6.99. The van der Waals surface area contributed by atoms with Gasteiger partial charge in [0.15, 0.2) is 0 Å². The summed E-state index contributed by atoms with van der Waals surface area (Å²) in [7, 11) is 0. The standard InChI is InChI=1S/C26H34N2O3/c1-2-31-26-9-4-3-8-24(26)20-28-16-15-27(21-25(28)14-18-30)19-23-12-10-22(11-13-23)7-5-6-17-29/h3-4,8-13,25,29-30H,2,6,14-21H2,1H3/t25-/m0/s1. The highest BCUT2D eigenvalue weighted by molar-refractivity contribution is 5.36. The van der Waals surface area contributed by atoms with Gasteiger partial charge in [-0.3, -0.25) is 9.80 Å². The molecule has 0 aliphatic carbocycles. The zero-order valence-corrected chi connectivity index (χ0v) is 18.5. The predicted molar refractivity (Wildman–Crippen MR) is 124 cm³/mol. The van der Waals surface area contributed by atoms with Crippen molar-refractivity contribution >= 4 is 0 Å². The van der Waals surface area contributed by atoms with Crippen molar-refractivity contribution in [1.29, 1.82) is 0 Å². The summed E-state index contributed by atoms with van der Waals surface area (Å²) >= 11 is 0. The summed E-state index contributed by atoms with van der Waals surface area (Å²) in [6.45, 7) is 7.62. The predicted octanol–water partition coefficient (Wildman–Crippen LogP) is 2.89. The Morgan fingerprint density at radius 2 is 1.81 bits per heavy atom. The van der Waals surface area contributed by atoms with Gasteiger partial charge in [-0.1, -0.05) is 42.2 Å². The molecule has 2 N–H and O–H groups in total. The Hall–Kier alpha value is -2.36. The summed E-state index contributed by atoms with van der Waals surface area (Å²) < 4.78 is 5.81. The lowest BCUT2D eigenvalue weighted by atomic mass is 10.1. The zero-order valence-electron chi connectivity index (χ0n) is 18.5. The van der Waals surface area contributed by atoms with E-state index < -0.39 is 0 Å². The molecule has 166 valence electrons. The van der Waals surface area contributed by atoms with Crippen molar-refractivity contribution in [3.05, 3.63) is 65.2 Å². The van der Waals surface area contributed by atoms with Crippen LogP contribution in [0.25, 0.3) is 0 Å². The number of rotatable bonds is 9. The van der Waals surface area contributed by atoms with Crippen LogP contribution in [-0.2, 0) is 13.1 Å². The Morgan fingerprint density at radius 3 is 2.55 bits per heavy atom. The fourth-order valence-electron chi connectivity index (χ4n) is 4.05. The Bertz CT molecular complexity index is 857. The van der Waals surface area contributed by atoms with Crippen LogP contribution in [0, 0.1) is 11.8 Å². The molecule has 3 rings (SSSR count). The molecular weight excluding hydrogens is 388 g/mol. The van der Waals surface area contributed by atoms with Gasteiger partial charge in [0.2, 0.25) is 0 Å². The molecule has 2 aromatic carbocycles. The fraction of sp³-hybridized carbons (Fsp3) is 0.462. The summed E-state index contributed by atoms with van der Waals surface area (Å²) in [4.78, 5) is 4.95. The zero-order chi connectivity index (χ0) is 21.9. The van der Waals surface area contributed by atoms with E-state index in [9.17, 15) is 5.11 Å². The molecule has 0 unspecified atom stereocenters. The van der Waals surface area contributed by atoms with E-state index in [2.05, 4.69) is 45.9 Å². The summed E-state index contributed by atoms with van der Waals surface area (Å²) in [6, 6.07) is 16.9. The minimum atomic E-state index is 0.100. The van der Waals surface area contributed by atoms with E-state index in [0.29, 0.717) is 19.1 Å². The number of para-hydroxylation sites is 1. The number of nitrogens with zero attached hydrogens (tertiary/aromatic N) is 2. The molecule has 1 heterocycles. The first-order chi connectivity index (χ1) is 15.2. The molecule has 5 heteroatoms. The van der Waals surface area contributed by atoms with Crippen LogP contribution in [0.4, 0.5) is 0 Å². The maximum absolute atomic E-state index is 9.64. The van der Waals surface area contributed by atoms with Crippen LogP contribution in [0.2, 0.25) is 0 Å². The second-order valence-corrected chi connectivity index (χ2v) is 7.88. The third-order valence-corrected chi connectivity index (χ3v) is 5.63. The van der Waals surface area contributed by atoms with Gasteiger partial charge in [0, 0.05) is 62.9 Å². The topological polar surface area (TPSA) is 56.2 Å². The van der Waals surface area contributed by atoms with Gasteiger partial charge in [-0.05, 0) is 37.1 Å². The summed E-state index contributed by atoms with van der Waals surface area (Å²) in [5, 5.41) is 18.5. The molecule has 1 aliphatic heterocycles. The van der Waals surface area contributed by atoms with E-state index in [1.54, 1.807) is 0 Å². The average molecular weight is 423 g/mol. The summed E-state index contributed by atoms with van der Waals surface area (Å²) in [6.07, 6.45) is 1.28. The lowest BCUT2D eigenvalue weighted by Gasteiger charge is -2.41. The van der Waals surface area contributed by atoms with E-state index >= 15 is 0 Å². The minimum Gasteiger partial charge on any atom is -0.494 e. The molecule has 1 saturated heterocycles. The lowest BCUT2D eigenvalue weighted by molar-refractivity contribution is 0.0494. The molecule has 1 aliphatic rings. The highest BCUT2D eigenvalue weighted by Crippen LogP contribution is 2.24. The van der Waals surface area contributed by atoms with Crippen molar-refractivity contribution in [2.45, 2.75) is 38.9 Å². The van der Waals surface area contributed by atoms with E-state index in [0.717, 1.165) is 50.5 Å². The molecule has 0 radical (unpaired) electrons. The first-order valence-electron chi connectivity index (χ1n) is 11.2. The number of benzene rings is 2. The van der Waals surface area contributed by atoms with Gasteiger partial charge in [0.25, 0.3) is 0 Å². The van der Waals surface area contributed by atoms with Gasteiger partial charge in [0.1, 0.15) is 5.75 Å². The SMILES string of the molecule is CCOc1ccccc1CN1CCN(Cc2ccc(C#CCCO)cc2)C[C@@H]1CCO. The molecule has 0 aromatic heterocycles. The van der Waals surface area contributed by atoms with Crippen LogP contribution < -0.4 is 4.74 Å². The number of piperazine rings is 1. The third kappa shape index (κ3) is 7.09. The van der Waals surface area contributed by atoms with Gasteiger partial charge >= 0.3 is 0 Å². The smallest absolute Gasteiger partial charge is 0.123 e. The first kappa shape index (κ1) is 23.3. The van der Waals surface area contributed by atoms with Crippen LogP contribution in [0.5, 0.6) is 5.75 Å². The van der Waals surface area contributed by atoms with Crippen LogP contribution in [0.1, 0.15) is 36.5 Å². The van der Waals surface area contributed by atoms with Crippen LogP contribution in [-0.4, -0.2) is 65.5 Å². The molecule has 0 saturated carbocycles. The Labute approximate surface area is 186 Å². The third-order valence-electron chi connectivity index (χ3n) is 5.63. The fourth-order valence-corrected chi connectivity index (χ4v) is 4.05. The molecule has 1 fully saturated rings. The minimum absolute atomic E-state index is 0.100. The lowest BCUT2D eigenvalue weighted by Crippen LogP contribution is -2.52. The largest absolute Gasteiger partial charge is 0.494 e. The normalized spacial score (nSPS) is 17.2. The molecule has 0 amide bonds. The van der Waals surface area contributed by atoms with Crippen molar-refractivity contribution in [3.8, 4) is 17.6 Å². The van der Waals surface area contributed by atoms with Gasteiger partial charge < -0.3 is 14.9 Å². The number of hydrogen-bond acceptors (Lipinski definition) is 5. The first-order valence-corrected chi connectivity index (χ1v) is 11.2. The second kappa shape index (κ2) is 12.5. The van der Waals surface area contributed by atoms with Crippen LogP contribution in [0.3, 0.4) is 0 Å². The highest BCUT2D eigenvalue weighted by atomic mass is 16.5. The number of aliphatic hydroxyl groups excluding tert-OH is 2. The van der Waals surface area contributed by atoms with Gasteiger partial charge in [-0.15, -0.1) is 0 Å². The monoisotopic (exact) mass is 422 g/mol. The van der Waals surface area contributed by atoms with Gasteiger partial charge in [-0.25, -0.2) is 0 Å². The van der Waals surface area contributed by atoms with Crippen LogP contribution in [0.15, 0.2) is 48.5 Å². The number of ether oxygens (including phenoxy) is 1.